The van der Waals surface area contributed by atoms with Gasteiger partial charge in [-0.05, 0) is 18.6 Å². The van der Waals surface area contributed by atoms with Crippen molar-refractivity contribution in [2.45, 2.75) is 57.0 Å². The lowest BCUT2D eigenvalue weighted by Crippen LogP contribution is -2.64. The van der Waals surface area contributed by atoms with Gasteiger partial charge in [0.15, 0.2) is 0 Å². The first-order valence-electron chi connectivity index (χ1n) is 8.65. The molecule has 9 nitrogen and oxygen atoms in total. The predicted octanol–water partition coefficient (Wildman–Crippen LogP) is -0.968. The molecule has 0 aromatic heterocycles. The molecule has 6 unspecified atom stereocenters. The number of amides is 1. The number of carbonyl (C=O) groups is 2. The van der Waals surface area contributed by atoms with Crippen molar-refractivity contribution in [2.24, 2.45) is 0 Å². The number of ether oxygens (including phenoxy) is 3. The fraction of sp³-hybridized carbons (Fsp3) is 0.556. The highest BCUT2D eigenvalue weighted by molar-refractivity contribution is 5.76. The van der Waals surface area contributed by atoms with Crippen LogP contribution in [0.4, 0.5) is 0 Å². The average Bonchev–Trinajstić information content (AvgIpc) is 2.60. The molecule has 0 aromatic carbocycles. The maximum absolute atomic E-state index is 11.6. The third kappa shape index (κ3) is 4.06. The standard InChI is InChI=1S/C18H23NO8/c1-8-5-14(22)26-12-6-10(3-4-11(8)12)25-18-15(19-9(2)21)17(24)16(23)13(7-20)27-18/h3-4,6,12-13,15-18,20,23-24H,5,7H2,1-2H3,(H,19,21). The zero-order valence-electron chi connectivity index (χ0n) is 15.0. The molecule has 27 heavy (non-hydrogen) atoms. The van der Waals surface area contributed by atoms with Gasteiger partial charge in [-0.25, -0.2) is 0 Å². The molecule has 4 N–H and O–H groups in total. The van der Waals surface area contributed by atoms with Crippen molar-refractivity contribution in [3.05, 3.63) is 35.1 Å². The van der Waals surface area contributed by atoms with Crippen molar-refractivity contribution in [2.75, 3.05) is 6.61 Å². The van der Waals surface area contributed by atoms with Gasteiger partial charge in [-0.1, -0.05) is 11.6 Å². The fourth-order valence-electron chi connectivity index (χ4n) is 3.33. The second-order valence-electron chi connectivity index (χ2n) is 6.78. The summed E-state index contributed by atoms with van der Waals surface area (Å²) in [6.07, 6.45) is -0.352. The van der Waals surface area contributed by atoms with Crippen LogP contribution in [0.5, 0.6) is 0 Å². The number of aliphatic hydroxyl groups is 3. The van der Waals surface area contributed by atoms with Crippen LogP contribution < -0.4 is 5.32 Å². The smallest absolute Gasteiger partial charge is 0.310 e. The highest BCUT2D eigenvalue weighted by Gasteiger charge is 2.46. The molecular weight excluding hydrogens is 358 g/mol. The van der Waals surface area contributed by atoms with Crippen molar-refractivity contribution >= 4 is 11.9 Å². The van der Waals surface area contributed by atoms with Crippen molar-refractivity contribution in [3.8, 4) is 0 Å². The first-order valence-corrected chi connectivity index (χ1v) is 8.65. The van der Waals surface area contributed by atoms with Gasteiger partial charge < -0.3 is 34.8 Å². The van der Waals surface area contributed by atoms with Crippen LogP contribution in [-0.2, 0) is 23.8 Å². The topological polar surface area (TPSA) is 135 Å². The van der Waals surface area contributed by atoms with Crippen LogP contribution in [0.15, 0.2) is 35.1 Å². The third-order valence-corrected chi connectivity index (χ3v) is 4.71. The van der Waals surface area contributed by atoms with E-state index in [1.807, 2.05) is 6.92 Å². The van der Waals surface area contributed by atoms with Gasteiger partial charge >= 0.3 is 5.97 Å². The highest BCUT2D eigenvalue weighted by Crippen LogP contribution is 2.31. The summed E-state index contributed by atoms with van der Waals surface area (Å²) in [6.45, 7) is 2.58. The quantitative estimate of drug-likeness (QED) is 0.457. The van der Waals surface area contributed by atoms with Gasteiger partial charge in [0, 0.05) is 13.0 Å². The molecule has 2 heterocycles. The van der Waals surface area contributed by atoms with Crippen LogP contribution in [0.3, 0.4) is 0 Å². The Hall–Kier alpha value is -2.20. The summed E-state index contributed by atoms with van der Waals surface area (Å²) in [5.74, 6) is -0.468. The first-order chi connectivity index (χ1) is 12.8. The lowest BCUT2D eigenvalue weighted by atomic mass is 9.94. The van der Waals surface area contributed by atoms with Gasteiger partial charge in [0.25, 0.3) is 0 Å². The molecule has 1 saturated heterocycles. The number of fused-ring (bicyclic) bond motifs is 1. The Bertz CT molecular complexity index is 712. The Morgan fingerprint density at radius 2 is 2.07 bits per heavy atom. The lowest BCUT2D eigenvalue weighted by Gasteiger charge is -2.42. The number of nitrogens with one attached hydrogen (secondary N) is 1. The zero-order chi connectivity index (χ0) is 19.7. The Morgan fingerprint density at radius 3 is 2.74 bits per heavy atom. The minimum Gasteiger partial charge on any atom is -0.463 e. The maximum Gasteiger partial charge on any atom is 0.310 e. The third-order valence-electron chi connectivity index (χ3n) is 4.71. The molecular formula is C18H23NO8. The Balaban J connectivity index is 1.80. The van der Waals surface area contributed by atoms with E-state index in [-0.39, 0.29) is 12.4 Å². The largest absolute Gasteiger partial charge is 0.463 e. The molecule has 3 aliphatic rings. The van der Waals surface area contributed by atoms with Gasteiger partial charge in [-0.15, -0.1) is 0 Å². The predicted molar refractivity (Wildman–Crippen MR) is 90.9 cm³/mol. The summed E-state index contributed by atoms with van der Waals surface area (Å²) < 4.78 is 16.6. The van der Waals surface area contributed by atoms with E-state index in [1.165, 1.54) is 6.92 Å². The van der Waals surface area contributed by atoms with Crippen LogP contribution in [0.25, 0.3) is 0 Å². The average molecular weight is 381 g/mol. The molecule has 3 rings (SSSR count). The molecule has 0 aromatic rings. The Morgan fingerprint density at radius 1 is 1.33 bits per heavy atom. The summed E-state index contributed by atoms with van der Waals surface area (Å²) in [5.41, 5.74) is 1.78. The van der Waals surface area contributed by atoms with Gasteiger partial charge in [0.1, 0.15) is 36.2 Å². The second kappa shape index (κ2) is 7.81. The molecule has 6 atom stereocenters. The number of carbonyl (C=O) groups excluding carboxylic acids is 2. The molecule has 0 spiro atoms. The van der Waals surface area contributed by atoms with Gasteiger partial charge in [0.05, 0.1) is 13.0 Å². The monoisotopic (exact) mass is 381 g/mol. The van der Waals surface area contributed by atoms with Crippen LogP contribution >= 0.6 is 0 Å². The summed E-state index contributed by atoms with van der Waals surface area (Å²) in [7, 11) is 0. The van der Waals surface area contributed by atoms with Gasteiger partial charge in [0.2, 0.25) is 12.2 Å². The van der Waals surface area contributed by atoms with E-state index in [9.17, 15) is 24.9 Å². The molecule has 0 radical (unpaired) electrons. The summed E-state index contributed by atoms with van der Waals surface area (Å²) in [4.78, 5) is 23.1. The van der Waals surface area contributed by atoms with Crippen molar-refractivity contribution in [3.63, 3.8) is 0 Å². The second-order valence-corrected chi connectivity index (χ2v) is 6.78. The van der Waals surface area contributed by atoms with Crippen LogP contribution in [0.1, 0.15) is 20.3 Å². The summed E-state index contributed by atoms with van der Waals surface area (Å²) in [6, 6.07) is -1.05. The molecule has 148 valence electrons. The van der Waals surface area contributed by atoms with Crippen molar-refractivity contribution in [1.82, 2.24) is 5.32 Å². The van der Waals surface area contributed by atoms with Gasteiger partial charge in [-0.3, -0.25) is 9.59 Å². The summed E-state index contributed by atoms with van der Waals surface area (Å²) in [5, 5.41) is 32.2. The SMILES string of the molecule is CC(=O)NC1C(OC2=CC3OC(=O)CC(C)=C3C=C2)OC(CO)C(O)C1O. The molecule has 9 heteroatoms. The number of aliphatic hydroxyl groups excluding tert-OH is 3. The number of esters is 1. The van der Waals surface area contributed by atoms with Crippen LogP contribution in [0, 0.1) is 0 Å². The molecule has 1 fully saturated rings. The van der Waals surface area contributed by atoms with Crippen LogP contribution in [0.2, 0.25) is 0 Å². The van der Waals surface area contributed by atoms with Crippen molar-refractivity contribution in [1.29, 1.82) is 0 Å². The highest BCUT2D eigenvalue weighted by atomic mass is 16.7. The number of hydrogen-bond acceptors (Lipinski definition) is 8. The maximum atomic E-state index is 11.6. The molecule has 0 saturated carbocycles. The van der Waals surface area contributed by atoms with E-state index in [0.717, 1.165) is 11.1 Å². The number of hydrogen-bond donors (Lipinski definition) is 4. The Kier molecular flexibility index (Phi) is 5.66. The molecule has 0 bridgehead atoms. The molecule has 2 aliphatic heterocycles. The zero-order valence-corrected chi connectivity index (χ0v) is 15.0. The van der Waals surface area contributed by atoms with Crippen molar-refractivity contribution < 1.29 is 39.1 Å². The molecule has 1 amide bonds. The number of allylic oxidation sites excluding steroid dienone is 1. The van der Waals surface area contributed by atoms with E-state index < -0.39 is 49.3 Å². The van der Waals surface area contributed by atoms with E-state index in [4.69, 9.17) is 14.2 Å². The van der Waals surface area contributed by atoms with Crippen LogP contribution in [-0.4, -0.2) is 70.6 Å². The fourth-order valence-corrected chi connectivity index (χ4v) is 3.33. The minimum atomic E-state index is -1.40. The van der Waals surface area contributed by atoms with Gasteiger partial charge in [-0.2, -0.15) is 0 Å². The normalized spacial score (nSPS) is 35.9. The number of rotatable bonds is 4. The lowest BCUT2D eigenvalue weighted by molar-refractivity contribution is -0.258. The minimum absolute atomic E-state index is 0.235. The van der Waals surface area contributed by atoms with E-state index >= 15 is 0 Å². The van der Waals surface area contributed by atoms with E-state index in [2.05, 4.69) is 5.32 Å². The van der Waals surface area contributed by atoms with E-state index in [0.29, 0.717) is 5.76 Å². The van der Waals surface area contributed by atoms with E-state index in [1.54, 1.807) is 18.2 Å². The first kappa shape index (κ1) is 19.6. The molecule has 1 aliphatic carbocycles. The summed E-state index contributed by atoms with van der Waals surface area (Å²) >= 11 is 0. The Labute approximate surface area is 155 Å².